The van der Waals surface area contributed by atoms with Crippen LogP contribution in [0.4, 0.5) is 8.78 Å². The normalized spacial score (nSPS) is 11.8. The van der Waals surface area contributed by atoms with Crippen LogP contribution in [0.1, 0.15) is 18.9 Å². The third-order valence-corrected chi connectivity index (χ3v) is 4.03. The van der Waals surface area contributed by atoms with E-state index in [1.165, 1.54) is 23.5 Å². The molecule has 0 spiro atoms. The number of aromatic nitrogens is 1. The van der Waals surface area contributed by atoms with Gasteiger partial charge in [0.1, 0.15) is 5.01 Å². The zero-order valence-electron chi connectivity index (χ0n) is 10.2. The fourth-order valence-corrected chi connectivity index (χ4v) is 2.45. The number of thiazole rings is 1. The standard InChI is InChI=1S/C13H14F2N2S/c1-13(2,7-16)12-17-10(6-18-12)8-4-3-5-9(14)11(8)15/h3-6H,7,16H2,1-2H3. The first-order valence-electron chi connectivity index (χ1n) is 5.56. The second kappa shape index (κ2) is 4.74. The second-order valence-corrected chi connectivity index (χ2v) is 5.59. The number of rotatable bonds is 3. The van der Waals surface area contributed by atoms with Crippen LogP contribution in [0.3, 0.4) is 0 Å². The summed E-state index contributed by atoms with van der Waals surface area (Å²) in [5.74, 6) is -1.72. The number of hydrogen-bond donors (Lipinski definition) is 1. The van der Waals surface area contributed by atoms with Gasteiger partial charge in [0.25, 0.3) is 0 Å². The van der Waals surface area contributed by atoms with Crippen molar-refractivity contribution in [3.8, 4) is 11.3 Å². The predicted molar refractivity (Wildman–Crippen MR) is 69.5 cm³/mol. The van der Waals surface area contributed by atoms with Crippen LogP contribution in [0.5, 0.6) is 0 Å². The highest BCUT2D eigenvalue weighted by atomic mass is 32.1. The largest absolute Gasteiger partial charge is 0.330 e. The summed E-state index contributed by atoms with van der Waals surface area (Å²) in [4.78, 5) is 4.36. The van der Waals surface area contributed by atoms with E-state index in [0.29, 0.717) is 12.2 Å². The summed E-state index contributed by atoms with van der Waals surface area (Å²) in [5.41, 5.74) is 6.05. The van der Waals surface area contributed by atoms with Crippen molar-refractivity contribution in [2.75, 3.05) is 6.54 Å². The van der Waals surface area contributed by atoms with Crippen molar-refractivity contribution in [3.63, 3.8) is 0 Å². The molecule has 0 aliphatic rings. The molecule has 0 radical (unpaired) electrons. The minimum atomic E-state index is -0.861. The molecule has 0 aliphatic heterocycles. The first-order valence-corrected chi connectivity index (χ1v) is 6.44. The lowest BCUT2D eigenvalue weighted by Crippen LogP contribution is -2.27. The van der Waals surface area contributed by atoms with E-state index >= 15 is 0 Å². The molecule has 0 saturated carbocycles. The zero-order valence-corrected chi connectivity index (χ0v) is 11.0. The van der Waals surface area contributed by atoms with E-state index in [1.54, 1.807) is 5.38 Å². The Morgan fingerprint density at radius 2 is 2.06 bits per heavy atom. The van der Waals surface area contributed by atoms with Crippen molar-refractivity contribution in [1.29, 1.82) is 0 Å². The van der Waals surface area contributed by atoms with Crippen molar-refractivity contribution in [3.05, 3.63) is 40.2 Å². The van der Waals surface area contributed by atoms with Crippen molar-refractivity contribution in [2.45, 2.75) is 19.3 Å². The van der Waals surface area contributed by atoms with Crippen molar-refractivity contribution < 1.29 is 8.78 Å². The van der Waals surface area contributed by atoms with E-state index in [2.05, 4.69) is 4.98 Å². The van der Waals surface area contributed by atoms with Crippen LogP contribution in [-0.2, 0) is 5.41 Å². The topological polar surface area (TPSA) is 38.9 Å². The van der Waals surface area contributed by atoms with Crippen LogP contribution in [0.25, 0.3) is 11.3 Å². The average molecular weight is 268 g/mol. The zero-order chi connectivity index (χ0) is 13.3. The summed E-state index contributed by atoms with van der Waals surface area (Å²) in [6.45, 7) is 4.39. The van der Waals surface area contributed by atoms with Gasteiger partial charge in [-0.25, -0.2) is 13.8 Å². The molecular weight excluding hydrogens is 254 g/mol. The van der Waals surface area contributed by atoms with E-state index in [4.69, 9.17) is 5.73 Å². The third kappa shape index (κ3) is 2.28. The molecule has 2 nitrogen and oxygen atoms in total. The van der Waals surface area contributed by atoms with Gasteiger partial charge in [-0.15, -0.1) is 11.3 Å². The molecule has 2 aromatic rings. The van der Waals surface area contributed by atoms with E-state index < -0.39 is 11.6 Å². The van der Waals surface area contributed by atoms with Gasteiger partial charge in [0.05, 0.1) is 5.69 Å². The monoisotopic (exact) mass is 268 g/mol. The molecule has 5 heteroatoms. The molecule has 1 aromatic heterocycles. The molecular formula is C13H14F2N2S. The van der Waals surface area contributed by atoms with Crippen LogP contribution in [-0.4, -0.2) is 11.5 Å². The van der Waals surface area contributed by atoms with Gasteiger partial charge >= 0.3 is 0 Å². The number of nitrogens with zero attached hydrogens (tertiary/aromatic N) is 1. The lowest BCUT2D eigenvalue weighted by Gasteiger charge is -2.18. The summed E-state index contributed by atoms with van der Waals surface area (Å²) in [6.07, 6.45) is 0. The van der Waals surface area contributed by atoms with Crippen LogP contribution in [0.2, 0.25) is 0 Å². The number of halogens is 2. The molecule has 96 valence electrons. The van der Waals surface area contributed by atoms with Crippen molar-refractivity contribution in [1.82, 2.24) is 4.98 Å². The number of hydrogen-bond acceptors (Lipinski definition) is 3. The van der Waals surface area contributed by atoms with E-state index in [-0.39, 0.29) is 11.0 Å². The Hall–Kier alpha value is -1.33. The Bertz CT molecular complexity index is 564. The maximum Gasteiger partial charge on any atom is 0.168 e. The highest BCUT2D eigenvalue weighted by molar-refractivity contribution is 7.10. The number of benzene rings is 1. The Morgan fingerprint density at radius 1 is 1.33 bits per heavy atom. The van der Waals surface area contributed by atoms with Crippen LogP contribution in [0, 0.1) is 11.6 Å². The first kappa shape index (κ1) is 13.1. The molecule has 2 N–H and O–H groups in total. The van der Waals surface area contributed by atoms with Crippen molar-refractivity contribution >= 4 is 11.3 Å². The molecule has 0 saturated heterocycles. The predicted octanol–water partition coefficient (Wildman–Crippen LogP) is 3.32. The van der Waals surface area contributed by atoms with Crippen LogP contribution >= 0.6 is 11.3 Å². The second-order valence-electron chi connectivity index (χ2n) is 4.73. The SMILES string of the molecule is CC(C)(CN)c1nc(-c2cccc(F)c2F)cs1. The maximum atomic E-state index is 13.6. The minimum Gasteiger partial charge on any atom is -0.330 e. The number of nitrogens with two attached hydrogens (primary N) is 1. The van der Waals surface area contributed by atoms with Gasteiger partial charge in [-0.05, 0) is 12.1 Å². The Labute approximate surface area is 108 Å². The summed E-state index contributed by atoms with van der Waals surface area (Å²) >= 11 is 1.41. The fraction of sp³-hybridized carbons (Fsp3) is 0.308. The molecule has 0 atom stereocenters. The smallest absolute Gasteiger partial charge is 0.168 e. The van der Waals surface area contributed by atoms with Gasteiger partial charge in [-0.1, -0.05) is 19.9 Å². The van der Waals surface area contributed by atoms with Gasteiger partial charge in [0, 0.05) is 22.9 Å². The lowest BCUT2D eigenvalue weighted by molar-refractivity contribution is 0.510. The maximum absolute atomic E-state index is 13.6. The molecule has 2 rings (SSSR count). The quantitative estimate of drug-likeness (QED) is 0.927. The van der Waals surface area contributed by atoms with Crippen molar-refractivity contribution in [2.24, 2.45) is 5.73 Å². The summed E-state index contributed by atoms with van der Waals surface area (Å²) < 4.78 is 26.8. The van der Waals surface area contributed by atoms with E-state index in [1.807, 2.05) is 13.8 Å². The fourth-order valence-electron chi connectivity index (χ4n) is 1.50. The minimum absolute atomic E-state index is 0.185. The lowest BCUT2D eigenvalue weighted by atomic mass is 9.95. The molecule has 0 unspecified atom stereocenters. The highest BCUT2D eigenvalue weighted by Crippen LogP contribution is 2.31. The van der Waals surface area contributed by atoms with Crippen LogP contribution in [0.15, 0.2) is 23.6 Å². The summed E-state index contributed by atoms with van der Waals surface area (Å²) in [5, 5.41) is 2.55. The molecule has 0 bridgehead atoms. The Kier molecular flexibility index (Phi) is 3.45. The van der Waals surface area contributed by atoms with Crippen LogP contribution < -0.4 is 5.73 Å². The summed E-state index contributed by atoms with van der Waals surface area (Å²) in [6, 6.07) is 4.09. The Morgan fingerprint density at radius 3 is 2.72 bits per heavy atom. The van der Waals surface area contributed by atoms with Gasteiger partial charge < -0.3 is 5.73 Å². The van der Waals surface area contributed by atoms with Gasteiger partial charge in [0.2, 0.25) is 0 Å². The van der Waals surface area contributed by atoms with Gasteiger partial charge in [0.15, 0.2) is 11.6 Å². The van der Waals surface area contributed by atoms with E-state index in [0.717, 1.165) is 11.1 Å². The molecule has 1 aromatic carbocycles. The molecule has 0 amide bonds. The van der Waals surface area contributed by atoms with Gasteiger partial charge in [-0.2, -0.15) is 0 Å². The average Bonchev–Trinajstić information content (AvgIpc) is 2.82. The van der Waals surface area contributed by atoms with E-state index in [9.17, 15) is 8.78 Å². The first-order chi connectivity index (χ1) is 8.45. The molecule has 0 fully saturated rings. The molecule has 1 heterocycles. The van der Waals surface area contributed by atoms with Gasteiger partial charge in [-0.3, -0.25) is 0 Å². The molecule has 0 aliphatic carbocycles. The third-order valence-electron chi connectivity index (χ3n) is 2.82. The summed E-state index contributed by atoms with van der Waals surface area (Å²) in [7, 11) is 0. The molecule has 18 heavy (non-hydrogen) atoms. The highest BCUT2D eigenvalue weighted by Gasteiger charge is 2.23. The Balaban J connectivity index is 2.45.